The lowest BCUT2D eigenvalue weighted by atomic mass is 9.99. The van der Waals surface area contributed by atoms with Gasteiger partial charge in [0.25, 0.3) is 0 Å². The summed E-state index contributed by atoms with van der Waals surface area (Å²) in [4.78, 5) is 12.2. The van der Waals surface area contributed by atoms with Crippen LogP contribution in [0.2, 0.25) is 0 Å². The number of ether oxygens (including phenoxy) is 3. The van der Waals surface area contributed by atoms with Gasteiger partial charge in [-0.1, -0.05) is 60.7 Å². The Morgan fingerprint density at radius 3 is 2.34 bits per heavy atom. The molecule has 0 N–H and O–H groups in total. The number of carbonyl (C=O) groups excluding carboxylic acids is 1. The SMILES string of the molecule is COc1ccc2c(CCCOC(=O)c3ccccc3)c(OCc3ccccc3)ccc2c1. The van der Waals surface area contributed by atoms with Crippen LogP contribution in [-0.2, 0) is 17.8 Å². The Morgan fingerprint density at radius 2 is 1.59 bits per heavy atom. The van der Waals surface area contributed by atoms with E-state index in [1.165, 1.54) is 0 Å². The number of benzene rings is 4. The van der Waals surface area contributed by atoms with Crippen molar-refractivity contribution in [1.29, 1.82) is 0 Å². The van der Waals surface area contributed by atoms with Crippen LogP contribution < -0.4 is 9.47 Å². The number of carbonyl (C=O) groups is 1. The van der Waals surface area contributed by atoms with Gasteiger partial charge >= 0.3 is 5.97 Å². The summed E-state index contributed by atoms with van der Waals surface area (Å²) >= 11 is 0. The molecule has 0 amide bonds. The molecule has 4 aromatic rings. The van der Waals surface area contributed by atoms with E-state index in [4.69, 9.17) is 14.2 Å². The van der Waals surface area contributed by atoms with E-state index in [0.717, 1.165) is 39.8 Å². The maximum Gasteiger partial charge on any atom is 0.338 e. The van der Waals surface area contributed by atoms with Gasteiger partial charge < -0.3 is 14.2 Å². The predicted molar refractivity (Wildman–Crippen MR) is 126 cm³/mol. The maximum atomic E-state index is 12.2. The van der Waals surface area contributed by atoms with Crippen molar-refractivity contribution in [2.75, 3.05) is 13.7 Å². The molecule has 4 heteroatoms. The zero-order valence-corrected chi connectivity index (χ0v) is 18.1. The van der Waals surface area contributed by atoms with Crippen LogP contribution in [0.5, 0.6) is 11.5 Å². The monoisotopic (exact) mass is 426 g/mol. The molecule has 0 fully saturated rings. The van der Waals surface area contributed by atoms with Crippen molar-refractivity contribution in [2.24, 2.45) is 0 Å². The second-order valence-corrected chi connectivity index (χ2v) is 7.51. The van der Waals surface area contributed by atoms with Crippen LogP contribution >= 0.6 is 0 Å². The molecule has 0 radical (unpaired) electrons. The first-order valence-electron chi connectivity index (χ1n) is 10.7. The van der Waals surface area contributed by atoms with Gasteiger partial charge in [0, 0.05) is 5.56 Å². The number of aryl methyl sites for hydroxylation is 1. The molecule has 0 unspecified atom stereocenters. The van der Waals surface area contributed by atoms with Crippen molar-refractivity contribution in [3.05, 3.63) is 108 Å². The van der Waals surface area contributed by atoms with Gasteiger partial charge in [0.05, 0.1) is 19.3 Å². The fourth-order valence-electron chi connectivity index (χ4n) is 3.68. The molecule has 162 valence electrons. The lowest BCUT2D eigenvalue weighted by Crippen LogP contribution is -2.07. The van der Waals surface area contributed by atoms with Crippen molar-refractivity contribution in [1.82, 2.24) is 0 Å². The smallest absolute Gasteiger partial charge is 0.338 e. The van der Waals surface area contributed by atoms with E-state index < -0.39 is 0 Å². The highest BCUT2D eigenvalue weighted by Crippen LogP contribution is 2.32. The normalized spacial score (nSPS) is 10.7. The summed E-state index contributed by atoms with van der Waals surface area (Å²) in [5.74, 6) is 1.37. The van der Waals surface area contributed by atoms with Gasteiger partial charge in [-0.2, -0.15) is 0 Å². The van der Waals surface area contributed by atoms with Crippen LogP contribution in [0.25, 0.3) is 10.8 Å². The van der Waals surface area contributed by atoms with E-state index in [-0.39, 0.29) is 5.97 Å². The average molecular weight is 427 g/mol. The first kappa shape index (κ1) is 21.4. The third kappa shape index (κ3) is 5.27. The Hall–Kier alpha value is -3.79. The van der Waals surface area contributed by atoms with Gasteiger partial charge in [-0.3, -0.25) is 0 Å². The molecular weight excluding hydrogens is 400 g/mol. The van der Waals surface area contributed by atoms with Crippen molar-refractivity contribution in [2.45, 2.75) is 19.4 Å². The highest BCUT2D eigenvalue weighted by Gasteiger charge is 2.12. The van der Waals surface area contributed by atoms with E-state index in [9.17, 15) is 4.79 Å². The third-order valence-electron chi connectivity index (χ3n) is 5.35. The molecule has 4 nitrogen and oxygen atoms in total. The van der Waals surface area contributed by atoms with Gasteiger partial charge in [0.1, 0.15) is 18.1 Å². The second-order valence-electron chi connectivity index (χ2n) is 7.51. The molecule has 0 atom stereocenters. The van der Waals surface area contributed by atoms with Gasteiger partial charge in [0.2, 0.25) is 0 Å². The average Bonchev–Trinajstić information content (AvgIpc) is 2.86. The van der Waals surface area contributed by atoms with Gasteiger partial charge in [-0.05, 0) is 59.5 Å². The topological polar surface area (TPSA) is 44.8 Å². The summed E-state index contributed by atoms with van der Waals surface area (Å²) in [6.45, 7) is 0.844. The quantitative estimate of drug-likeness (QED) is 0.236. The molecule has 0 bridgehead atoms. The second kappa shape index (κ2) is 10.5. The Kier molecular flexibility index (Phi) is 7.03. The predicted octanol–water partition coefficient (Wildman–Crippen LogP) is 6.22. The molecule has 0 aliphatic rings. The zero-order chi connectivity index (χ0) is 22.2. The van der Waals surface area contributed by atoms with Crippen LogP contribution in [0.1, 0.15) is 27.9 Å². The molecule has 4 aromatic carbocycles. The Labute approximate surface area is 188 Å². The largest absolute Gasteiger partial charge is 0.497 e. The van der Waals surface area contributed by atoms with E-state index >= 15 is 0 Å². The molecule has 0 saturated carbocycles. The standard InChI is InChI=1S/C28H26O4/c1-30-24-15-16-25-23(19-24)14-17-27(32-20-21-9-4-2-5-10-21)26(25)13-8-18-31-28(29)22-11-6-3-7-12-22/h2-7,9-12,14-17,19H,8,13,18,20H2,1H3. The van der Waals surface area contributed by atoms with Crippen molar-refractivity contribution in [3.8, 4) is 11.5 Å². The molecular formula is C28H26O4. The lowest BCUT2D eigenvalue weighted by molar-refractivity contribution is 0.0500. The maximum absolute atomic E-state index is 12.2. The minimum atomic E-state index is -0.297. The molecule has 0 aromatic heterocycles. The van der Waals surface area contributed by atoms with Crippen LogP contribution in [0.3, 0.4) is 0 Å². The van der Waals surface area contributed by atoms with Crippen LogP contribution in [-0.4, -0.2) is 19.7 Å². The molecule has 0 heterocycles. The molecule has 0 spiro atoms. The minimum absolute atomic E-state index is 0.297. The number of hydrogen-bond acceptors (Lipinski definition) is 4. The highest BCUT2D eigenvalue weighted by molar-refractivity contribution is 5.90. The van der Waals surface area contributed by atoms with Crippen molar-refractivity contribution >= 4 is 16.7 Å². The van der Waals surface area contributed by atoms with E-state index in [2.05, 4.69) is 24.3 Å². The van der Waals surface area contributed by atoms with Crippen LogP contribution in [0, 0.1) is 0 Å². The number of rotatable bonds is 9. The van der Waals surface area contributed by atoms with Crippen LogP contribution in [0.15, 0.2) is 91.0 Å². The molecule has 0 aliphatic heterocycles. The summed E-state index contributed by atoms with van der Waals surface area (Å²) in [6, 6.07) is 29.3. The summed E-state index contributed by atoms with van der Waals surface area (Å²) < 4.78 is 17.0. The first-order chi connectivity index (χ1) is 15.7. The van der Waals surface area contributed by atoms with Gasteiger partial charge in [-0.15, -0.1) is 0 Å². The van der Waals surface area contributed by atoms with E-state index in [1.54, 1.807) is 19.2 Å². The third-order valence-corrected chi connectivity index (χ3v) is 5.35. The zero-order valence-electron chi connectivity index (χ0n) is 18.1. The molecule has 32 heavy (non-hydrogen) atoms. The molecule has 0 aliphatic carbocycles. The van der Waals surface area contributed by atoms with E-state index in [0.29, 0.717) is 25.2 Å². The van der Waals surface area contributed by atoms with Crippen molar-refractivity contribution < 1.29 is 19.0 Å². The first-order valence-corrected chi connectivity index (χ1v) is 10.7. The fourth-order valence-corrected chi connectivity index (χ4v) is 3.68. The summed E-state index contributed by atoms with van der Waals surface area (Å²) in [6.07, 6.45) is 1.43. The van der Waals surface area contributed by atoms with Crippen LogP contribution in [0.4, 0.5) is 0 Å². The number of hydrogen-bond donors (Lipinski definition) is 0. The summed E-state index contributed by atoms with van der Waals surface area (Å²) in [5.41, 5.74) is 2.79. The Balaban J connectivity index is 1.49. The highest BCUT2D eigenvalue weighted by atomic mass is 16.5. The minimum Gasteiger partial charge on any atom is -0.497 e. The number of fused-ring (bicyclic) bond motifs is 1. The molecule has 0 saturated heterocycles. The van der Waals surface area contributed by atoms with Gasteiger partial charge in [-0.25, -0.2) is 4.79 Å². The number of esters is 1. The lowest BCUT2D eigenvalue weighted by Gasteiger charge is -2.15. The fraction of sp³-hybridized carbons (Fsp3) is 0.179. The van der Waals surface area contributed by atoms with Gasteiger partial charge in [0.15, 0.2) is 0 Å². The summed E-state index contributed by atoms with van der Waals surface area (Å²) in [5, 5.41) is 2.21. The number of methoxy groups -OCH3 is 1. The van der Waals surface area contributed by atoms with E-state index in [1.807, 2.05) is 54.6 Å². The Morgan fingerprint density at radius 1 is 0.844 bits per heavy atom. The Bertz CT molecular complexity index is 1170. The molecule has 4 rings (SSSR count). The summed E-state index contributed by atoms with van der Waals surface area (Å²) in [7, 11) is 1.67. The van der Waals surface area contributed by atoms with Crippen molar-refractivity contribution in [3.63, 3.8) is 0 Å².